The molecule has 0 radical (unpaired) electrons. The largest absolute Gasteiger partial charge is 0.454 e. The molecule has 3 aromatic rings. The molecule has 1 unspecified atom stereocenters. The Morgan fingerprint density at radius 2 is 1.58 bits per heavy atom. The first-order valence-electron chi connectivity index (χ1n) is 12.0. The molecule has 3 aromatic carbocycles. The van der Waals surface area contributed by atoms with Gasteiger partial charge in [0.05, 0.1) is 6.04 Å². The minimum Gasteiger partial charge on any atom is -0.454 e. The van der Waals surface area contributed by atoms with Crippen LogP contribution in [0.1, 0.15) is 41.4 Å². The van der Waals surface area contributed by atoms with Gasteiger partial charge >= 0.3 is 0 Å². The first kappa shape index (κ1) is 25.2. The number of carbonyl (C=O) groups excluding carboxylic acids is 2. The summed E-state index contributed by atoms with van der Waals surface area (Å²) in [6.07, 6.45) is -0.619. The third kappa shape index (κ3) is 6.21. The topological polar surface area (TPSA) is 95.1 Å². The quantitative estimate of drug-likeness (QED) is 0.385. The van der Waals surface area contributed by atoms with Gasteiger partial charge in [-0.05, 0) is 61.7 Å². The average molecular weight is 491 g/mol. The normalized spacial score (nSPS) is 12.9. The summed E-state index contributed by atoms with van der Waals surface area (Å²) in [7, 11) is 0. The Morgan fingerprint density at radius 3 is 2.33 bits per heavy atom. The van der Waals surface area contributed by atoms with Crippen LogP contribution in [0.2, 0.25) is 0 Å². The lowest BCUT2D eigenvalue weighted by atomic mass is 9.97. The van der Waals surface area contributed by atoms with E-state index in [9.17, 15) is 9.59 Å². The zero-order chi connectivity index (χ0) is 25.3. The fraction of sp³-hybridized carbons (Fsp3) is 0.286. The van der Waals surface area contributed by atoms with E-state index in [4.69, 9.17) is 18.9 Å². The zero-order valence-electron chi connectivity index (χ0n) is 20.4. The summed E-state index contributed by atoms with van der Waals surface area (Å²) in [4.78, 5) is 25.9. The first-order valence-corrected chi connectivity index (χ1v) is 12.0. The van der Waals surface area contributed by atoms with Crippen LogP contribution in [0.5, 0.6) is 11.5 Å². The maximum absolute atomic E-state index is 13.1. The van der Waals surface area contributed by atoms with E-state index in [1.807, 2.05) is 60.7 Å². The highest BCUT2D eigenvalue weighted by Gasteiger charge is 2.26. The summed E-state index contributed by atoms with van der Waals surface area (Å²) >= 11 is 0. The van der Waals surface area contributed by atoms with Gasteiger partial charge in [-0.3, -0.25) is 9.59 Å². The van der Waals surface area contributed by atoms with Gasteiger partial charge in [-0.1, -0.05) is 42.5 Å². The Morgan fingerprint density at radius 1 is 0.889 bits per heavy atom. The molecular formula is C28H30N2O6. The molecule has 1 aliphatic rings. The number of ether oxygens (including phenoxy) is 4. The smallest absolute Gasteiger partial charge is 0.277 e. The second-order valence-electron chi connectivity index (χ2n) is 8.10. The number of rotatable bonds is 11. The number of anilines is 1. The van der Waals surface area contributed by atoms with Gasteiger partial charge in [0, 0.05) is 24.5 Å². The van der Waals surface area contributed by atoms with Gasteiger partial charge in [0.1, 0.15) is 0 Å². The van der Waals surface area contributed by atoms with Crippen LogP contribution in [0.25, 0.3) is 0 Å². The number of para-hydroxylation sites is 1. The molecule has 1 heterocycles. The van der Waals surface area contributed by atoms with Gasteiger partial charge in [0.15, 0.2) is 11.5 Å². The molecule has 36 heavy (non-hydrogen) atoms. The molecule has 1 atom stereocenters. The monoisotopic (exact) mass is 490 g/mol. The maximum atomic E-state index is 13.1. The number of nitrogens with one attached hydrogen (secondary N) is 2. The van der Waals surface area contributed by atoms with E-state index in [1.54, 1.807) is 26.0 Å². The van der Waals surface area contributed by atoms with E-state index in [0.717, 1.165) is 11.1 Å². The third-order valence-corrected chi connectivity index (χ3v) is 5.69. The number of fused-ring (bicyclic) bond motifs is 1. The molecule has 0 fully saturated rings. The second kappa shape index (κ2) is 12.2. The van der Waals surface area contributed by atoms with E-state index in [2.05, 4.69) is 10.6 Å². The van der Waals surface area contributed by atoms with Crippen molar-refractivity contribution >= 4 is 17.5 Å². The van der Waals surface area contributed by atoms with Crippen molar-refractivity contribution in [3.05, 3.63) is 89.5 Å². The molecule has 1 aliphatic heterocycles. The third-order valence-electron chi connectivity index (χ3n) is 5.69. The summed E-state index contributed by atoms with van der Waals surface area (Å²) in [6.45, 7) is 4.43. The minimum atomic E-state index is -1.02. The predicted octanol–water partition coefficient (Wildman–Crippen LogP) is 4.47. The van der Waals surface area contributed by atoms with Gasteiger partial charge < -0.3 is 29.6 Å². The Balaban J connectivity index is 1.61. The van der Waals surface area contributed by atoms with Gasteiger partial charge in [0.2, 0.25) is 13.1 Å². The molecule has 8 heteroatoms. The molecule has 0 aliphatic carbocycles. The lowest BCUT2D eigenvalue weighted by molar-refractivity contribution is -0.170. The second-order valence-corrected chi connectivity index (χ2v) is 8.10. The summed E-state index contributed by atoms with van der Waals surface area (Å²) < 4.78 is 22.0. The van der Waals surface area contributed by atoms with Crippen LogP contribution in [0.15, 0.2) is 72.8 Å². The standard InChI is InChI=1S/C28H30N2O6/c1-3-33-28(34-4-2)27(32)30-23(21-14-15-24-25(17-21)36-18-35-24)16-20-12-8-9-13-22(20)29-26(31)19-10-6-5-7-11-19/h5-15,17,23,28H,3-4,16,18H2,1-2H3,(H,29,31)(H,30,32). The summed E-state index contributed by atoms with van der Waals surface area (Å²) in [6, 6.07) is 21.7. The van der Waals surface area contributed by atoms with Crippen molar-refractivity contribution in [1.82, 2.24) is 5.32 Å². The van der Waals surface area contributed by atoms with E-state index in [0.29, 0.717) is 42.4 Å². The molecule has 8 nitrogen and oxygen atoms in total. The molecular weight excluding hydrogens is 460 g/mol. The van der Waals surface area contributed by atoms with Crippen LogP contribution in [-0.2, 0) is 20.7 Å². The van der Waals surface area contributed by atoms with Crippen molar-refractivity contribution in [2.45, 2.75) is 32.6 Å². The summed E-state index contributed by atoms with van der Waals surface area (Å²) in [5, 5.41) is 6.05. The van der Waals surface area contributed by atoms with Gasteiger partial charge in [-0.25, -0.2) is 0 Å². The Hall–Kier alpha value is -3.88. The maximum Gasteiger partial charge on any atom is 0.277 e. The van der Waals surface area contributed by atoms with E-state index in [1.165, 1.54) is 0 Å². The van der Waals surface area contributed by atoms with Crippen LogP contribution in [-0.4, -0.2) is 38.1 Å². The average Bonchev–Trinajstić information content (AvgIpc) is 3.38. The van der Waals surface area contributed by atoms with E-state index in [-0.39, 0.29) is 18.6 Å². The molecule has 188 valence electrons. The fourth-order valence-corrected chi connectivity index (χ4v) is 3.95. The molecule has 0 saturated heterocycles. The van der Waals surface area contributed by atoms with Crippen molar-refractivity contribution in [2.24, 2.45) is 0 Å². The highest BCUT2D eigenvalue weighted by Crippen LogP contribution is 2.35. The molecule has 0 saturated carbocycles. The highest BCUT2D eigenvalue weighted by atomic mass is 16.7. The summed E-state index contributed by atoms with van der Waals surface area (Å²) in [5.74, 6) is 0.677. The Kier molecular flexibility index (Phi) is 8.54. The van der Waals surface area contributed by atoms with Gasteiger partial charge in [0.25, 0.3) is 11.8 Å². The zero-order valence-corrected chi connectivity index (χ0v) is 20.4. The van der Waals surface area contributed by atoms with Crippen LogP contribution in [0, 0.1) is 0 Å². The van der Waals surface area contributed by atoms with Gasteiger partial charge in [-0.15, -0.1) is 0 Å². The molecule has 4 rings (SSSR count). The summed E-state index contributed by atoms with van der Waals surface area (Å²) in [5.41, 5.74) is 2.90. The van der Waals surface area contributed by atoms with Crippen LogP contribution < -0.4 is 20.1 Å². The number of carbonyl (C=O) groups is 2. The van der Waals surface area contributed by atoms with Crippen molar-refractivity contribution in [2.75, 3.05) is 25.3 Å². The fourth-order valence-electron chi connectivity index (χ4n) is 3.95. The van der Waals surface area contributed by atoms with Crippen molar-refractivity contribution < 1.29 is 28.5 Å². The van der Waals surface area contributed by atoms with E-state index >= 15 is 0 Å². The van der Waals surface area contributed by atoms with Crippen molar-refractivity contribution in [3.8, 4) is 11.5 Å². The highest BCUT2D eigenvalue weighted by molar-refractivity contribution is 6.04. The van der Waals surface area contributed by atoms with Gasteiger partial charge in [-0.2, -0.15) is 0 Å². The molecule has 2 amide bonds. The van der Waals surface area contributed by atoms with Crippen LogP contribution in [0.3, 0.4) is 0 Å². The number of amides is 2. The SMILES string of the molecule is CCOC(OCC)C(=O)NC(Cc1ccccc1NC(=O)c1ccccc1)c1ccc2c(c1)OCO2. The minimum absolute atomic E-state index is 0.154. The predicted molar refractivity (Wildman–Crippen MR) is 135 cm³/mol. The van der Waals surface area contributed by atoms with Crippen LogP contribution in [0.4, 0.5) is 5.69 Å². The Bertz CT molecular complexity index is 1180. The lowest BCUT2D eigenvalue weighted by Gasteiger charge is -2.24. The molecule has 0 aromatic heterocycles. The number of hydrogen-bond acceptors (Lipinski definition) is 6. The molecule has 0 bridgehead atoms. The molecule has 2 N–H and O–H groups in total. The van der Waals surface area contributed by atoms with E-state index < -0.39 is 12.3 Å². The first-order chi connectivity index (χ1) is 17.6. The van der Waals surface area contributed by atoms with Crippen LogP contribution >= 0.6 is 0 Å². The number of hydrogen-bond donors (Lipinski definition) is 2. The molecule has 0 spiro atoms. The van der Waals surface area contributed by atoms with Crippen molar-refractivity contribution in [1.29, 1.82) is 0 Å². The Labute approximate surface area is 210 Å². The lowest BCUT2D eigenvalue weighted by Crippen LogP contribution is -2.41. The number of benzene rings is 3. The van der Waals surface area contributed by atoms with Crippen molar-refractivity contribution in [3.63, 3.8) is 0 Å².